The van der Waals surface area contributed by atoms with Gasteiger partial charge in [-0.2, -0.15) is 4.31 Å². The number of rotatable bonds is 7. The van der Waals surface area contributed by atoms with Crippen LogP contribution in [-0.2, 0) is 26.1 Å². The van der Waals surface area contributed by atoms with E-state index in [4.69, 9.17) is 11.6 Å². The summed E-state index contributed by atoms with van der Waals surface area (Å²) in [4.78, 5) is 24.1. The molecule has 0 aliphatic heterocycles. The normalized spacial score (nSPS) is 11.3. The molecule has 2 rings (SSSR count). The van der Waals surface area contributed by atoms with E-state index in [0.29, 0.717) is 5.69 Å². The maximum absolute atomic E-state index is 12.4. The predicted molar refractivity (Wildman–Crippen MR) is 108 cm³/mol. The van der Waals surface area contributed by atoms with E-state index in [1.54, 1.807) is 0 Å². The van der Waals surface area contributed by atoms with Gasteiger partial charge in [-0.1, -0.05) is 41.4 Å². The number of nitrogens with zero attached hydrogens (tertiary/aromatic N) is 1. The van der Waals surface area contributed by atoms with Crippen LogP contribution in [0.2, 0.25) is 5.02 Å². The quantitative estimate of drug-likeness (QED) is 0.690. The molecule has 0 aliphatic rings. The molecule has 150 valence electrons. The topological polar surface area (TPSA) is 92.8 Å². The first-order chi connectivity index (χ1) is 13.1. The van der Waals surface area contributed by atoms with Gasteiger partial charge in [-0.05, 0) is 30.7 Å². The van der Waals surface area contributed by atoms with Crippen molar-refractivity contribution >= 4 is 39.2 Å². The average molecular weight is 425 g/mol. The highest BCUT2D eigenvalue weighted by Gasteiger charge is 2.21. The van der Waals surface area contributed by atoms with E-state index in [2.05, 4.69) is 10.1 Å². The van der Waals surface area contributed by atoms with Gasteiger partial charge in [0, 0.05) is 12.2 Å². The van der Waals surface area contributed by atoms with Crippen molar-refractivity contribution in [3.05, 3.63) is 64.2 Å². The van der Waals surface area contributed by atoms with Gasteiger partial charge in [0.15, 0.2) is 0 Å². The number of amides is 1. The Morgan fingerprint density at radius 1 is 1.14 bits per heavy atom. The summed E-state index contributed by atoms with van der Waals surface area (Å²) >= 11 is 5.95. The van der Waals surface area contributed by atoms with Crippen molar-refractivity contribution in [2.24, 2.45) is 0 Å². The third kappa shape index (κ3) is 6.05. The number of benzene rings is 2. The first-order valence-electron chi connectivity index (χ1n) is 8.28. The molecule has 1 N–H and O–H groups in total. The van der Waals surface area contributed by atoms with Crippen molar-refractivity contribution < 1.29 is 22.7 Å². The lowest BCUT2D eigenvalue weighted by atomic mass is 10.1. The van der Waals surface area contributed by atoms with Gasteiger partial charge in [-0.3, -0.25) is 4.79 Å². The highest BCUT2D eigenvalue weighted by molar-refractivity contribution is 7.88. The van der Waals surface area contributed by atoms with Crippen molar-refractivity contribution in [3.8, 4) is 0 Å². The van der Waals surface area contributed by atoms with Gasteiger partial charge in [0.1, 0.15) is 0 Å². The molecule has 0 radical (unpaired) electrons. The number of hydrogen-bond acceptors (Lipinski definition) is 5. The van der Waals surface area contributed by atoms with Crippen LogP contribution in [0.5, 0.6) is 0 Å². The molecule has 0 fully saturated rings. The van der Waals surface area contributed by atoms with Crippen LogP contribution in [0.1, 0.15) is 21.5 Å². The van der Waals surface area contributed by atoms with Crippen molar-refractivity contribution in [2.45, 2.75) is 13.5 Å². The standard InChI is InChI=1S/C19H21ClN2O5S/c1-13-4-6-14(7-5-13)11-22(28(3,25)26)12-18(23)21-15-8-9-17(20)16(10-15)19(24)27-2/h4-10H,11-12H2,1-3H3,(H,21,23). The molecule has 2 aromatic rings. The van der Waals surface area contributed by atoms with Gasteiger partial charge in [-0.15, -0.1) is 0 Å². The fourth-order valence-electron chi connectivity index (χ4n) is 2.42. The number of anilines is 1. The van der Waals surface area contributed by atoms with E-state index in [1.165, 1.54) is 25.3 Å². The minimum atomic E-state index is -3.62. The zero-order chi connectivity index (χ0) is 20.9. The molecule has 0 heterocycles. The molecule has 0 unspecified atom stereocenters. The Morgan fingerprint density at radius 2 is 1.79 bits per heavy atom. The monoisotopic (exact) mass is 424 g/mol. The molecule has 0 aromatic heterocycles. The summed E-state index contributed by atoms with van der Waals surface area (Å²) in [6, 6.07) is 11.7. The fraction of sp³-hybridized carbons (Fsp3) is 0.263. The molecule has 7 nitrogen and oxygen atoms in total. The van der Waals surface area contributed by atoms with Crippen LogP contribution in [0.25, 0.3) is 0 Å². The van der Waals surface area contributed by atoms with E-state index in [9.17, 15) is 18.0 Å². The maximum Gasteiger partial charge on any atom is 0.339 e. The molecule has 28 heavy (non-hydrogen) atoms. The number of sulfonamides is 1. The number of esters is 1. The van der Waals surface area contributed by atoms with Gasteiger partial charge in [0.2, 0.25) is 15.9 Å². The zero-order valence-corrected chi connectivity index (χ0v) is 17.3. The summed E-state index contributed by atoms with van der Waals surface area (Å²) < 4.78 is 29.9. The molecule has 0 aliphatic carbocycles. The SMILES string of the molecule is COC(=O)c1cc(NC(=O)CN(Cc2ccc(C)cc2)S(C)(=O)=O)ccc1Cl. The number of methoxy groups -OCH3 is 1. The second kappa shape index (κ2) is 9.18. The van der Waals surface area contributed by atoms with Crippen LogP contribution in [0.3, 0.4) is 0 Å². The molecule has 9 heteroatoms. The Hall–Kier alpha value is -2.42. The Balaban J connectivity index is 2.14. The van der Waals surface area contributed by atoms with Crippen LogP contribution in [0.4, 0.5) is 5.69 Å². The zero-order valence-electron chi connectivity index (χ0n) is 15.7. The number of carbonyl (C=O) groups is 2. The fourth-order valence-corrected chi connectivity index (χ4v) is 3.35. The van der Waals surface area contributed by atoms with Gasteiger partial charge in [0.05, 0.1) is 30.5 Å². The first kappa shape index (κ1) is 21.9. The summed E-state index contributed by atoms with van der Waals surface area (Å²) in [5, 5.41) is 2.76. The van der Waals surface area contributed by atoms with Crippen molar-refractivity contribution in [3.63, 3.8) is 0 Å². The van der Waals surface area contributed by atoms with Crippen LogP contribution >= 0.6 is 11.6 Å². The molecular weight excluding hydrogens is 404 g/mol. The molecule has 0 saturated heterocycles. The molecular formula is C19H21ClN2O5S. The summed E-state index contributed by atoms with van der Waals surface area (Å²) in [5.74, 6) is -1.19. The lowest BCUT2D eigenvalue weighted by molar-refractivity contribution is -0.116. The largest absolute Gasteiger partial charge is 0.465 e. The van der Waals surface area contributed by atoms with E-state index >= 15 is 0 Å². The summed E-state index contributed by atoms with van der Waals surface area (Å²) in [7, 11) is -2.39. The van der Waals surface area contributed by atoms with Gasteiger partial charge in [0.25, 0.3) is 0 Å². The van der Waals surface area contributed by atoms with E-state index < -0.39 is 21.9 Å². The van der Waals surface area contributed by atoms with Crippen LogP contribution < -0.4 is 5.32 Å². The molecule has 1 amide bonds. The van der Waals surface area contributed by atoms with Crippen molar-refractivity contribution in [2.75, 3.05) is 25.2 Å². The Labute approximate surface area is 169 Å². The molecule has 2 aromatic carbocycles. The van der Waals surface area contributed by atoms with Crippen LogP contribution in [-0.4, -0.2) is 44.5 Å². The number of carbonyl (C=O) groups excluding carboxylic acids is 2. The second-order valence-corrected chi connectivity index (χ2v) is 8.64. The Morgan fingerprint density at radius 3 is 2.36 bits per heavy atom. The van der Waals surface area contributed by atoms with Gasteiger partial charge < -0.3 is 10.1 Å². The third-order valence-electron chi connectivity index (χ3n) is 3.92. The lowest BCUT2D eigenvalue weighted by Gasteiger charge is -2.20. The number of hydrogen-bond donors (Lipinski definition) is 1. The summed E-state index contributed by atoms with van der Waals surface area (Å²) in [6.45, 7) is 1.63. The molecule has 0 spiro atoms. The van der Waals surface area contributed by atoms with Crippen LogP contribution in [0, 0.1) is 6.92 Å². The van der Waals surface area contributed by atoms with Crippen molar-refractivity contribution in [1.82, 2.24) is 4.31 Å². The Kier molecular flexibility index (Phi) is 7.17. The van der Waals surface area contributed by atoms with E-state index in [-0.39, 0.29) is 23.7 Å². The molecule has 0 bridgehead atoms. The summed E-state index contributed by atoms with van der Waals surface area (Å²) in [5.41, 5.74) is 2.22. The van der Waals surface area contributed by atoms with Crippen molar-refractivity contribution in [1.29, 1.82) is 0 Å². The smallest absolute Gasteiger partial charge is 0.339 e. The number of ether oxygens (including phenoxy) is 1. The summed E-state index contributed by atoms with van der Waals surface area (Å²) in [6.07, 6.45) is 1.05. The number of halogens is 1. The first-order valence-corrected chi connectivity index (χ1v) is 10.5. The maximum atomic E-state index is 12.4. The van der Waals surface area contributed by atoms with E-state index in [1.807, 2.05) is 31.2 Å². The predicted octanol–water partition coefficient (Wildman–Crippen LogP) is 2.84. The molecule has 0 atom stereocenters. The van der Waals surface area contributed by atoms with Gasteiger partial charge in [-0.25, -0.2) is 13.2 Å². The third-order valence-corrected chi connectivity index (χ3v) is 5.45. The van der Waals surface area contributed by atoms with E-state index in [0.717, 1.165) is 21.7 Å². The second-order valence-electron chi connectivity index (χ2n) is 6.25. The minimum Gasteiger partial charge on any atom is -0.465 e. The highest BCUT2D eigenvalue weighted by atomic mass is 35.5. The highest BCUT2D eigenvalue weighted by Crippen LogP contribution is 2.21. The Bertz CT molecular complexity index is 974. The number of aryl methyl sites for hydroxylation is 1. The van der Waals surface area contributed by atoms with Gasteiger partial charge >= 0.3 is 5.97 Å². The minimum absolute atomic E-state index is 0.0700. The average Bonchev–Trinajstić information content (AvgIpc) is 2.63. The number of nitrogens with one attached hydrogen (secondary N) is 1. The van der Waals surface area contributed by atoms with Crippen LogP contribution in [0.15, 0.2) is 42.5 Å². The molecule has 0 saturated carbocycles. The lowest BCUT2D eigenvalue weighted by Crippen LogP contribution is -2.36.